The lowest BCUT2D eigenvalue weighted by atomic mass is 10.1. The predicted molar refractivity (Wildman–Crippen MR) is 83.0 cm³/mol. The number of halogens is 2. The Hall–Kier alpha value is -1.39. The molecule has 5 heteroatoms. The minimum absolute atomic E-state index is 0.0996. The van der Waals surface area contributed by atoms with Gasteiger partial charge in [-0.15, -0.1) is 0 Å². The number of aryl methyl sites for hydroxylation is 1. The first-order chi connectivity index (χ1) is 9.87. The van der Waals surface area contributed by atoms with Crippen LogP contribution >= 0.6 is 11.6 Å². The number of nitrogens with one attached hydrogen (secondary N) is 1. The van der Waals surface area contributed by atoms with Crippen molar-refractivity contribution in [1.82, 2.24) is 10.3 Å². The molecule has 0 saturated heterocycles. The fourth-order valence-corrected chi connectivity index (χ4v) is 2.23. The molecule has 1 aromatic heterocycles. The average molecular weight is 311 g/mol. The van der Waals surface area contributed by atoms with Crippen molar-refractivity contribution in [2.45, 2.75) is 39.2 Å². The lowest BCUT2D eigenvalue weighted by Crippen LogP contribution is -2.36. The Morgan fingerprint density at radius 2 is 2.10 bits per heavy atom. The van der Waals surface area contributed by atoms with Gasteiger partial charge in [-0.2, -0.15) is 0 Å². The van der Waals surface area contributed by atoms with Gasteiger partial charge in [0.25, 0.3) is 0 Å². The van der Waals surface area contributed by atoms with Crippen molar-refractivity contribution in [2.75, 3.05) is 6.54 Å². The van der Waals surface area contributed by atoms with E-state index in [0.29, 0.717) is 23.1 Å². The summed E-state index contributed by atoms with van der Waals surface area (Å²) < 4.78 is 19.4. The van der Waals surface area contributed by atoms with Crippen molar-refractivity contribution in [3.63, 3.8) is 0 Å². The fraction of sp³-hybridized carbons (Fsp3) is 0.438. The normalized spacial score (nSPS) is 11.9. The quantitative estimate of drug-likeness (QED) is 0.829. The summed E-state index contributed by atoms with van der Waals surface area (Å²) in [6.45, 7) is 7.24. The fourth-order valence-electron chi connectivity index (χ4n) is 1.98. The van der Waals surface area contributed by atoms with Crippen LogP contribution in [0, 0.1) is 5.82 Å². The molecule has 0 spiro atoms. The molecule has 0 aliphatic rings. The second-order valence-corrected chi connectivity index (χ2v) is 6.40. The van der Waals surface area contributed by atoms with Crippen LogP contribution in [0.1, 0.15) is 33.1 Å². The highest BCUT2D eigenvalue weighted by Gasteiger charge is 2.14. The molecule has 1 N–H and O–H groups in total. The number of nitrogens with zero attached hydrogens (tertiary/aromatic N) is 1. The van der Waals surface area contributed by atoms with Crippen LogP contribution in [0.3, 0.4) is 0 Å². The molecule has 0 radical (unpaired) electrons. The monoisotopic (exact) mass is 310 g/mol. The molecule has 0 unspecified atom stereocenters. The third kappa shape index (κ3) is 4.55. The lowest BCUT2D eigenvalue weighted by Gasteiger charge is -2.20. The molecule has 0 bridgehead atoms. The highest BCUT2D eigenvalue weighted by atomic mass is 35.5. The number of rotatable bonds is 5. The van der Waals surface area contributed by atoms with Gasteiger partial charge >= 0.3 is 0 Å². The Bertz CT molecular complexity index is 584. The molecule has 2 rings (SSSR count). The van der Waals surface area contributed by atoms with Gasteiger partial charge in [0.05, 0.1) is 16.8 Å². The van der Waals surface area contributed by atoms with E-state index in [1.54, 1.807) is 12.1 Å². The minimum atomic E-state index is -0.403. The van der Waals surface area contributed by atoms with Crippen LogP contribution < -0.4 is 5.32 Å². The van der Waals surface area contributed by atoms with Gasteiger partial charge in [-0.1, -0.05) is 17.7 Å². The largest absolute Gasteiger partial charge is 0.441 e. The molecule has 0 aliphatic carbocycles. The summed E-state index contributed by atoms with van der Waals surface area (Å²) in [6.07, 6.45) is 3.13. The minimum Gasteiger partial charge on any atom is -0.441 e. The second kappa shape index (κ2) is 6.58. The third-order valence-corrected chi connectivity index (χ3v) is 3.30. The van der Waals surface area contributed by atoms with Gasteiger partial charge in [-0.3, -0.25) is 0 Å². The van der Waals surface area contributed by atoms with Gasteiger partial charge < -0.3 is 9.73 Å². The van der Waals surface area contributed by atoms with E-state index in [4.69, 9.17) is 16.0 Å². The zero-order valence-corrected chi connectivity index (χ0v) is 13.3. The van der Waals surface area contributed by atoms with Gasteiger partial charge in [0, 0.05) is 12.0 Å². The van der Waals surface area contributed by atoms with Crippen LogP contribution in [0.25, 0.3) is 11.3 Å². The molecule has 0 fully saturated rings. The summed E-state index contributed by atoms with van der Waals surface area (Å²) in [7, 11) is 0. The second-order valence-electron chi connectivity index (χ2n) is 6.00. The molecule has 1 heterocycles. The van der Waals surface area contributed by atoms with Crippen LogP contribution in [0.15, 0.2) is 28.8 Å². The Kier molecular flexibility index (Phi) is 5.01. The molecule has 0 aliphatic heterocycles. The number of benzene rings is 1. The summed E-state index contributed by atoms with van der Waals surface area (Å²) in [6, 6.07) is 4.56. The van der Waals surface area contributed by atoms with E-state index < -0.39 is 5.82 Å². The summed E-state index contributed by atoms with van der Waals surface area (Å²) in [5.74, 6) is 0.566. The molecule has 0 atom stereocenters. The number of aromatic nitrogens is 1. The third-order valence-electron chi connectivity index (χ3n) is 2.99. The molecular formula is C16H20ClFN2O. The van der Waals surface area contributed by atoms with Crippen molar-refractivity contribution in [1.29, 1.82) is 0 Å². The summed E-state index contributed by atoms with van der Waals surface area (Å²) in [5, 5.41) is 3.72. The number of hydrogen-bond donors (Lipinski definition) is 1. The van der Waals surface area contributed by atoms with Crippen LogP contribution in [0.5, 0.6) is 0 Å². The van der Waals surface area contributed by atoms with Crippen LogP contribution in [-0.4, -0.2) is 17.1 Å². The number of hydrogen-bond acceptors (Lipinski definition) is 3. The average Bonchev–Trinajstić information content (AvgIpc) is 2.82. The van der Waals surface area contributed by atoms with Crippen LogP contribution in [-0.2, 0) is 6.42 Å². The first kappa shape index (κ1) is 16.0. The summed E-state index contributed by atoms with van der Waals surface area (Å²) in [5.41, 5.74) is 0.369. The van der Waals surface area contributed by atoms with E-state index in [2.05, 4.69) is 31.1 Å². The first-order valence-electron chi connectivity index (χ1n) is 7.01. The highest BCUT2D eigenvalue weighted by Crippen LogP contribution is 2.31. The van der Waals surface area contributed by atoms with Crippen molar-refractivity contribution in [3.8, 4) is 11.3 Å². The van der Waals surface area contributed by atoms with Gasteiger partial charge in [-0.25, -0.2) is 9.37 Å². The summed E-state index contributed by atoms with van der Waals surface area (Å²) in [4.78, 5) is 4.19. The molecule has 3 nitrogen and oxygen atoms in total. The van der Waals surface area contributed by atoms with Gasteiger partial charge in [0.1, 0.15) is 5.82 Å². The maximum atomic E-state index is 13.8. The molecule has 1 aromatic carbocycles. The highest BCUT2D eigenvalue weighted by molar-refractivity contribution is 6.33. The van der Waals surface area contributed by atoms with E-state index >= 15 is 0 Å². The van der Waals surface area contributed by atoms with E-state index in [9.17, 15) is 4.39 Å². The molecule has 114 valence electrons. The topological polar surface area (TPSA) is 38.1 Å². The van der Waals surface area contributed by atoms with E-state index in [-0.39, 0.29) is 11.1 Å². The zero-order valence-electron chi connectivity index (χ0n) is 12.5. The Morgan fingerprint density at radius 3 is 2.76 bits per heavy atom. The summed E-state index contributed by atoms with van der Waals surface area (Å²) >= 11 is 6.01. The Morgan fingerprint density at radius 1 is 1.33 bits per heavy atom. The molecule has 21 heavy (non-hydrogen) atoms. The number of oxazole rings is 1. The lowest BCUT2D eigenvalue weighted by molar-refractivity contribution is 0.412. The Labute approximate surface area is 129 Å². The predicted octanol–water partition coefficient (Wildman–Crippen LogP) is 4.45. The van der Waals surface area contributed by atoms with Crippen molar-refractivity contribution in [3.05, 3.63) is 41.1 Å². The van der Waals surface area contributed by atoms with Crippen molar-refractivity contribution >= 4 is 11.6 Å². The molecule has 2 aromatic rings. The molecule has 0 amide bonds. The maximum absolute atomic E-state index is 13.8. The van der Waals surface area contributed by atoms with E-state index in [1.807, 2.05) is 0 Å². The molecule has 0 saturated carbocycles. The van der Waals surface area contributed by atoms with Crippen molar-refractivity contribution < 1.29 is 8.81 Å². The van der Waals surface area contributed by atoms with Gasteiger partial charge in [0.2, 0.25) is 0 Å². The van der Waals surface area contributed by atoms with E-state index in [0.717, 1.165) is 13.0 Å². The van der Waals surface area contributed by atoms with Crippen LogP contribution in [0.4, 0.5) is 4.39 Å². The standard InChI is InChI=1S/C16H20ClFN2O/c1-16(2,3)20-9-5-8-14-19-10-13(21-14)15-11(17)6-4-7-12(15)18/h4,6-7,10,20H,5,8-9H2,1-3H3. The maximum Gasteiger partial charge on any atom is 0.194 e. The van der Waals surface area contributed by atoms with Crippen LogP contribution in [0.2, 0.25) is 5.02 Å². The Balaban J connectivity index is 1.99. The smallest absolute Gasteiger partial charge is 0.194 e. The van der Waals surface area contributed by atoms with Gasteiger partial charge in [0.15, 0.2) is 11.7 Å². The zero-order chi connectivity index (χ0) is 15.5. The van der Waals surface area contributed by atoms with E-state index in [1.165, 1.54) is 12.3 Å². The SMILES string of the molecule is CC(C)(C)NCCCc1ncc(-c2c(F)cccc2Cl)o1. The molecular weight excluding hydrogens is 291 g/mol. The van der Waals surface area contributed by atoms with Crippen molar-refractivity contribution in [2.24, 2.45) is 0 Å². The van der Waals surface area contributed by atoms with Gasteiger partial charge in [-0.05, 0) is 45.9 Å². The first-order valence-corrected chi connectivity index (χ1v) is 7.39.